The molecule has 1 aromatic carbocycles. The minimum Gasteiger partial charge on any atom is -0.471 e. The van der Waals surface area contributed by atoms with Gasteiger partial charge in [-0.25, -0.2) is 9.18 Å². The maximum Gasteiger partial charge on any atom is 0.414 e. The van der Waals surface area contributed by atoms with Crippen molar-refractivity contribution in [3.05, 3.63) is 41.9 Å². The highest BCUT2D eigenvalue weighted by Gasteiger charge is 2.53. The summed E-state index contributed by atoms with van der Waals surface area (Å²) in [4.78, 5) is 32.2. The van der Waals surface area contributed by atoms with Gasteiger partial charge in [0.15, 0.2) is 18.7 Å². The van der Waals surface area contributed by atoms with Crippen molar-refractivity contribution in [3.8, 4) is 5.88 Å². The number of rotatable bonds is 14. The molecule has 4 aliphatic rings. The lowest BCUT2D eigenvalue weighted by atomic mass is 9.77. The number of carbonyl (C=O) groups excluding carboxylic acids is 2. The number of benzene rings is 1. The molecular formula is C52H83FN4O16. The molecule has 414 valence electrons. The van der Waals surface area contributed by atoms with Gasteiger partial charge in [-0.1, -0.05) is 26.8 Å². The number of nitrogens with zero attached hydrogens (tertiary/aromatic N) is 4. The van der Waals surface area contributed by atoms with Gasteiger partial charge in [0.2, 0.25) is 0 Å². The Hall–Kier alpha value is -3.58. The number of carbonyl (C=O) groups is 2. The van der Waals surface area contributed by atoms with Gasteiger partial charge in [-0.3, -0.25) is 9.69 Å². The first-order valence-corrected chi connectivity index (χ1v) is 25.8. The number of cyclic esters (lactones) is 2. The maximum atomic E-state index is 14.5. The lowest BCUT2D eigenvalue weighted by Crippen LogP contribution is -2.61. The molecule has 73 heavy (non-hydrogen) atoms. The van der Waals surface area contributed by atoms with Crippen molar-refractivity contribution in [3.63, 3.8) is 0 Å². The van der Waals surface area contributed by atoms with Crippen LogP contribution in [-0.2, 0) is 44.4 Å². The monoisotopic (exact) mass is 1040 g/mol. The normalized spacial score (nSPS) is 40.7. The Morgan fingerprint density at radius 2 is 1.66 bits per heavy atom. The summed E-state index contributed by atoms with van der Waals surface area (Å²) in [5.74, 6) is -2.67. The molecule has 19 atom stereocenters. The van der Waals surface area contributed by atoms with E-state index >= 15 is 0 Å². The molecule has 0 saturated carbocycles. The molecule has 0 spiro atoms. The molecule has 5 N–H and O–H groups in total. The van der Waals surface area contributed by atoms with Crippen LogP contribution in [0.3, 0.4) is 0 Å². The topological polar surface area (TPSA) is 245 Å². The lowest BCUT2D eigenvalue weighted by Gasteiger charge is -2.49. The van der Waals surface area contributed by atoms with Crippen molar-refractivity contribution < 1.29 is 81.9 Å². The Bertz CT molecular complexity index is 2120. The Balaban J connectivity index is 1.21. The van der Waals surface area contributed by atoms with Gasteiger partial charge in [0.25, 0.3) is 5.88 Å². The van der Waals surface area contributed by atoms with E-state index in [-0.39, 0.29) is 44.2 Å². The van der Waals surface area contributed by atoms with Gasteiger partial charge in [0, 0.05) is 57.1 Å². The fourth-order valence-electron chi connectivity index (χ4n) is 11.2. The molecule has 6 rings (SSSR count). The first-order chi connectivity index (χ1) is 34.2. The van der Waals surface area contributed by atoms with E-state index < -0.39 is 126 Å². The van der Waals surface area contributed by atoms with Crippen LogP contribution in [0, 0.1) is 23.6 Å². The predicted molar refractivity (Wildman–Crippen MR) is 263 cm³/mol. The van der Waals surface area contributed by atoms with E-state index in [4.69, 9.17) is 42.4 Å². The number of methoxy groups -OCH3 is 1. The average molecular weight is 1040 g/mol. The van der Waals surface area contributed by atoms with Gasteiger partial charge in [-0.05, 0) is 111 Å². The molecule has 21 heteroatoms. The molecule has 1 amide bonds. The molecule has 4 fully saturated rings. The summed E-state index contributed by atoms with van der Waals surface area (Å²) in [6.45, 7) is 18.3. The number of aromatic nitrogens is 1. The molecule has 2 aromatic rings. The number of likely N-dealkylation sites (N-methyl/N-ethyl adjacent to an activating group) is 2. The van der Waals surface area contributed by atoms with Gasteiger partial charge in [0.1, 0.15) is 48.2 Å². The van der Waals surface area contributed by atoms with Crippen LogP contribution in [0.4, 0.5) is 14.9 Å². The molecular weight excluding hydrogens is 956 g/mol. The van der Waals surface area contributed by atoms with Crippen LogP contribution < -0.4 is 9.64 Å². The van der Waals surface area contributed by atoms with Crippen LogP contribution >= 0.6 is 0 Å². The number of anilines is 1. The smallest absolute Gasteiger partial charge is 0.414 e. The molecule has 1 aromatic heterocycles. The van der Waals surface area contributed by atoms with Crippen LogP contribution in [0.2, 0.25) is 0 Å². The van der Waals surface area contributed by atoms with Crippen molar-refractivity contribution in [2.75, 3.05) is 52.3 Å². The number of hydrogen-bond donors (Lipinski definition) is 5. The number of amides is 1. The zero-order valence-electron chi connectivity index (χ0n) is 44.9. The second-order valence-electron chi connectivity index (χ2n) is 22.0. The quantitative estimate of drug-likeness (QED) is 0.168. The Labute approximate surface area is 429 Å². The maximum absolute atomic E-state index is 14.5. The number of aliphatic hydroxyl groups excluding tert-OH is 3. The molecule has 5 heterocycles. The standard InChI is InChI=1S/C52H83FN4O16/c1-14-39-52(10,64)44(59)32(6)56(12)25-28(2)23-50(8,63)46(30(4)43(31(5)47(61)70-39)71-41-24-51(9,65-13)45(60)33(7)68-41)72-48-42(58)38(20-29(3)67-48)55(11)19-18-36-22-40(54-73-36)66-27-37-26-57(49(62)69-37)35-17-15-16-34(53)21-35/h15-17,21-22,28-33,37-39,41-46,48,58-60,63-64H,14,18-20,23-27H2,1-13H3/t28-,29-,30+,31-,32-,33+,37-,38+,39-,41+,42-,43+,44-,45+,46-,48+,50-,51-,52-/m1/s1. The number of aliphatic hydroxyl groups is 5. The van der Waals surface area contributed by atoms with E-state index in [0.717, 1.165) is 0 Å². The molecule has 0 bridgehead atoms. The third kappa shape index (κ3) is 13.7. The number of halogens is 1. The van der Waals surface area contributed by atoms with Crippen molar-refractivity contribution in [2.24, 2.45) is 17.8 Å². The fourth-order valence-corrected chi connectivity index (χ4v) is 11.2. The van der Waals surface area contributed by atoms with Crippen LogP contribution in [0.5, 0.6) is 5.88 Å². The molecule has 0 unspecified atom stereocenters. The van der Waals surface area contributed by atoms with Crippen molar-refractivity contribution in [1.82, 2.24) is 15.0 Å². The van der Waals surface area contributed by atoms with E-state index in [1.165, 1.54) is 37.1 Å². The summed E-state index contributed by atoms with van der Waals surface area (Å²) in [6.07, 6.45) is -10.4. The van der Waals surface area contributed by atoms with Gasteiger partial charge >= 0.3 is 12.1 Å². The van der Waals surface area contributed by atoms with Crippen LogP contribution in [0.15, 0.2) is 34.9 Å². The number of esters is 1. The summed E-state index contributed by atoms with van der Waals surface area (Å²) in [7, 11) is 5.17. The average Bonchev–Trinajstić information content (AvgIpc) is 3.96. The van der Waals surface area contributed by atoms with Gasteiger partial charge in [-0.2, -0.15) is 0 Å². The Morgan fingerprint density at radius 3 is 2.33 bits per heavy atom. The van der Waals surface area contributed by atoms with Crippen molar-refractivity contribution in [1.29, 1.82) is 0 Å². The molecule has 20 nitrogen and oxygen atoms in total. The Kier molecular flexibility index (Phi) is 19.4. The second-order valence-corrected chi connectivity index (χ2v) is 22.0. The van der Waals surface area contributed by atoms with E-state index in [0.29, 0.717) is 37.4 Å². The summed E-state index contributed by atoms with van der Waals surface area (Å²) in [5.41, 5.74) is -4.23. The number of hydrogen-bond acceptors (Lipinski definition) is 19. The largest absolute Gasteiger partial charge is 0.471 e. The minimum atomic E-state index is -1.86. The lowest BCUT2D eigenvalue weighted by molar-refractivity contribution is -0.318. The third-order valence-electron chi connectivity index (χ3n) is 15.8. The number of ether oxygens (including phenoxy) is 8. The van der Waals surface area contributed by atoms with E-state index in [2.05, 4.69) is 5.16 Å². The summed E-state index contributed by atoms with van der Waals surface area (Å²) in [6, 6.07) is 6.23. The first kappa shape index (κ1) is 58.7. The van der Waals surface area contributed by atoms with Crippen molar-refractivity contribution in [2.45, 2.75) is 198 Å². The van der Waals surface area contributed by atoms with E-state index in [9.17, 15) is 39.5 Å². The molecule has 4 saturated heterocycles. The highest BCUT2D eigenvalue weighted by atomic mass is 19.1. The fraction of sp³-hybridized carbons (Fsp3) is 0.788. The first-order valence-electron chi connectivity index (χ1n) is 25.8. The zero-order valence-corrected chi connectivity index (χ0v) is 44.9. The molecule has 0 radical (unpaired) electrons. The highest BCUT2D eigenvalue weighted by Crippen LogP contribution is 2.40. The third-order valence-corrected chi connectivity index (χ3v) is 15.8. The van der Waals surface area contributed by atoms with Gasteiger partial charge in [-0.15, -0.1) is 0 Å². The van der Waals surface area contributed by atoms with Crippen molar-refractivity contribution >= 4 is 17.7 Å². The molecule has 0 aliphatic carbocycles. The highest BCUT2D eigenvalue weighted by molar-refractivity contribution is 5.89. The Morgan fingerprint density at radius 1 is 0.945 bits per heavy atom. The zero-order chi connectivity index (χ0) is 53.9. The SMILES string of the molecule is CC[C@H]1OC(=O)[C@H](C)[C@@H](O[C@H]2C[C@@](C)(OC)[C@@H](O)[C@H](C)O2)[C@H](C)[C@@H](O[C@@H]2O[C@H](C)C[C@H](N(C)CCc3cc(OC[C@H]4CN(c5cccc(F)c5)C(=O)O4)no3)[C@H]2O)[C@](C)(O)C[C@@H](C)CN(C)[C@H](C)[C@@H](O)[C@]1(C)O. The van der Waals surface area contributed by atoms with Crippen LogP contribution in [0.1, 0.15) is 101 Å². The predicted octanol–water partition coefficient (Wildman–Crippen LogP) is 4.04. The minimum absolute atomic E-state index is 0.00782. The van der Waals surface area contributed by atoms with Crippen LogP contribution in [-0.4, -0.2) is 196 Å². The summed E-state index contributed by atoms with van der Waals surface area (Å²) >= 11 is 0. The van der Waals surface area contributed by atoms with E-state index in [1.54, 1.807) is 60.6 Å². The summed E-state index contributed by atoms with van der Waals surface area (Å²) in [5, 5.41) is 63.7. The van der Waals surface area contributed by atoms with Crippen LogP contribution in [0.25, 0.3) is 0 Å². The van der Waals surface area contributed by atoms with E-state index in [1.807, 2.05) is 37.7 Å². The second kappa shape index (κ2) is 24.2. The van der Waals surface area contributed by atoms with Gasteiger partial charge in [0.05, 0.1) is 53.8 Å². The van der Waals surface area contributed by atoms with Gasteiger partial charge < -0.3 is 77.8 Å². The molecule has 4 aliphatic heterocycles. The summed E-state index contributed by atoms with van der Waals surface area (Å²) < 4.78 is 68.8.